The van der Waals surface area contributed by atoms with Gasteiger partial charge in [0.2, 0.25) is 0 Å². The molecule has 0 saturated heterocycles. The van der Waals surface area contributed by atoms with Gasteiger partial charge in [0.05, 0.1) is 11.0 Å². The van der Waals surface area contributed by atoms with Crippen LogP contribution in [-0.4, -0.2) is 4.57 Å². The van der Waals surface area contributed by atoms with Gasteiger partial charge in [-0.05, 0) is 196 Å². The molecule has 3 aromatic heterocycles. The van der Waals surface area contributed by atoms with Gasteiger partial charge in [-0.15, -0.1) is 0 Å². The monoisotopic (exact) mass is 1220 g/mol. The van der Waals surface area contributed by atoms with Crippen LogP contribution in [0.1, 0.15) is 6.92 Å². The summed E-state index contributed by atoms with van der Waals surface area (Å²) in [6.45, 7) is 6.91. The Balaban J connectivity index is 0.888. The number of aromatic nitrogens is 1. The zero-order valence-electron chi connectivity index (χ0n) is 52.8. The molecule has 0 N–H and O–H groups in total. The molecule has 0 atom stereocenters. The molecule has 0 unspecified atom stereocenters. The van der Waals surface area contributed by atoms with Crippen LogP contribution >= 0.6 is 0 Å². The van der Waals surface area contributed by atoms with Crippen molar-refractivity contribution in [3.63, 3.8) is 0 Å². The SMILES string of the molecule is C=c1c(-c2ccccc2)c2ccc(-c3cccc(-n4c5cc(-c6cc(-c7ccccc7)cc7c6oc6ccc(-c8ccccc8)cc67)ccc5c5ccc(-c6cc(-c7ccccc7)cc7c6oc6ccc(-c8ccccc8)cc67)cc54)c3)cc2c(-c2ccccc2)/c1=C/C=C\C. The Morgan fingerprint density at radius 1 is 0.281 bits per heavy atom. The van der Waals surface area contributed by atoms with Gasteiger partial charge in [0.1, 0.15) is 22.3 Å². The van der Waals surface area contributed by atoms with E-state index in [-0.39, 0.29) is 0 Å². The maximum atomic E-state index is 7.07. The predicted molar refractivity (Wildman–Crippen MR) is 406 cm³/mol. The van der Waals surface area contributed by atoms with Crippen molar-refractivity contribution in [3.05, 3.63) is 344 Å². The summed E-state index contributed by atoms with van der Waals surface area (Å²) >= 11 is 0. The lowest BCUT2D eigenvalue weighted by atomic mass is 9.87. The maximum Gasteiger partial charge on any atom is 0.143 e. The molecule has 0 aliphatic carbocycles. The molecule has 0 aliphatic heterocycles. The minimum atomic E-state index is 0.849. The summed E-state index contributed by atoms with van der Waals surface area (Å²) in [7, 11) is 0. The smallest absolute Gasteiger partial charge is 0.143 e. The van der Waals surface area contributed by atoms with E-state index in [0.29, 0.717) is 0 Å². The lowest BCUT2D eigenvalue weighted by Gasteiger charge is -2.17. The highest BCUT2D eigenvalue weighted by molar-refractivity contribution is 6.17. The van der Waals surface area contributed by atoms with Crippen LogP contribution in [0.3, 0.4) is 0 Å². The van der Waals surface area contributed by atoms with Gasteiger partial charge in [-0.25, -0.2) is 0 Å². The molecule has 18 aromatic rings. The molecule has 3 heteroatoms. The molecule has 0 amide bonds. The summed E-state index contributed by atoms with van der Waals surface area (Å²) in [6, 6.07) is 117. The average Bonchev–Trinajstić information content (AvgIpc) is 1.43. The van der Waals surface area contributed by atoms with Crippen molar-refractivity contribution >= 4 is 89.1 Å². The standard InChI is InChI=1S/C93H61NO2/c1-3-4-38-75-59(2)90(64-32-19-9-20-33-64)78-46-39-69(52-83(78)91(75)65-34-21-10-22-35-65)66-36-23-37-74(49-66)94-86-57-70(79-53-72(62-28-15-7-16-29-62)55-84-81-50-67(60-24-11-5-12-25-60)42-47-88(81)95-92(79)84)40-44-76(86)77-45-41-71(58-87(77)94)80-54-73(63-30-17-8-18-31-63)56-85-82-51-68(61-26-13-6-14-27-61)43-48-89(82)96-93(80)85/h3-58H,2H2,1H3/b4-3-,75-38+. The van der Waals surface area contributed by atoms with E-state index >= 15 is 0 Å². The number of hydrogen-bond donors (Lipinski definition) is 0. The lowest BCUT2D eigenvalue weighted by molar-refractivity contribution is 0.669. The number of furan rings is 2. The van der Waals surface area contributed by atoms with Gasteiger partial charge in [-0.1, -0.05) is 267 Å². The number of fused-ring (bicyclic) bond motifs is 10. The number of hydrogen-bond acceptors (Lipinski definition) is 2. The molecule has 15 aromatic carbocycles. The summed E-state index contributed by atoms with van der Waals surface area (Å²) in [5, 5.41) is 11.0. The van der Waals surface area contributed by atoms with E-state index < -0.39 is 0 Å². The molecule has 0 radical (unpaired) electrons. The summed E-state index contributed by atoms with van der Waals surface area (Å²) in [5.74, 6) is 0. The van der Waals surface area contributed by atoms with Crippen molar-refractivity contribution in [2.45, 2.75) is 6.92 Å². The second-order valence-corrected chi connectivity index (χ2v) is 25.1. The molecule has 0 aliphatic rings. The Labute approximate surface area is 556 Å². The van der Waals surface area contributed by atoms with Crippen LogP contribution in [0, 0.1) is 0 Å². The van der Waals surface area contributed by atoms with Crippen LogP contribution in [0.15, 0.2) is 343 Å². The van der Waals surface area contributed by atoms with Crippen LogP contribution in [-0.2, 0) is 0 Å². The van der Waals surface area contributed by atoms with Crippen LogP contribution in [0.25, 0.3) is 195 Å². The highest BCUT2D eigenvalue weighted by Crippen LogP contribution is 2.47. The van der Waals surface area contributed by atoms with Crippen LogP contribution in [0.2, 0.25) is 0 Å². The Hall–Kier alpha value is -12.6. The molecule has 3 nitrogen and oxygen atoms in total. The predicted octanol–water partition coefficient (Wildman–Crippen LogP) is 24.5. The largest absolute Gasteiger partial charge is 0.455 e. The molecular weight excluding hydrogens is 1160 g/mol. The van der Waals surface area contributed by atoms with E-state index in [0.717, 1.165) is 193 Å². The first-order valence-electron chi connectivity index (χ1n) is 32.9. The van der Waals surface area contributed by atoms with Gasteiger partial charge in [0.25, 0.3) is 0 Å². The summed E-state index contributed by atoms with van der Waals surface area (Å²) < 4.78 is 16.6. The van der Waals surface area contributed by atoms with Crippen LogP contribution in [0.4, 0.5) is 0 Å². The Kier molecular flexibility index (Phi) is 13.6. The molecule has 0 fully saturated rings. The molecule has 0 saturated carbocycles. The number of rotatable bonds is 11. The highest BCUT2D eigenvalue weighted by Gasteiger charge is 2.23. The van der Waals surface area contributed by atoms with E-state index in [4.69, 9.17) is 15.4 Å². The van der Waals surface area contributed by atoms with Crippen molar-refractivity contribution in [1.82, 2.24) is 4.57 Å². The fraction of sp³-hybridized carbons (Fsp3) is 0.0108. The third-order valence-corrected chi connectivity index (χ3v) is 19.4. The van der Waals surface area contributed by atoms with Crippen molar-refractivity contribution in [2.24, 2.45) is 0 Å². The Morgan fingerprint density at radius 2 is 0.656 bits per heavy atom. The Morgan fingerprint density at radius 3 is 1.14 bits per heavy atom. The first-order valence-corrected chi connectivity index (χ1v) is 32.9. The first-order chi connectivity index (χ1) is 47.5. The molecule has 3 heterocycles. The van der Waals surface area contributed by atoms with Gasteiger partial charge >= 0.3 is 0 Å². The summed E-state index contributed by atoms with van der Waals surface area (Å²) in [5.41, 5.74) is 26.6. The normalized spacial score (nSPS) is 12.1. The first kappa shape index (κ1) is 56.2. The van der Waals surface area contributed by atoms with E-state index in [1.165, 1.54) is 0 Å². The highest BCUT2D eigenvalue weighted by atomic mass is 16.3. The third kappa shape index (κ3) is 9.59. The minimum Gasteiger partial charge on any atom is -0.455 e. The molecule has 96 heavy (non-hydrogen) atoms. The average molecular weight is 1220 g/mol. The van der Waals surface area contributed by atoms with Crippen molar-refractivity contribution in [3.8, 4) is 106 Å². The van der Waals surface area contributed by atoms with E-state index in [9.17, 15) is 0 Å². The number of allylic oxidation sites excluding steroid dienone is 2. The molecule has 450 valence electrons. The fourth-order valence-corrected chi connectivity index (χ4v) is 14.8. The van der Waals surface area contributed by atoms with Crippen molar-refractivity contribution in [2.75, 3.05) is 0 Å². The maximum absolute atomic E-state index is 7.07. The molecule has 0 spiro atoms. The minimum absolute atomic E-state index is 0.849. The van der Waals surface area contributed by atoms with Gasteiger partial charge < -0.3 is 13.4 Å². The zero-order chi connectivity index (χ0) is 63.8. The molecule has 18 rings (SSSR count). The van der Waals surface area contributed by atoms with Gasteiger partial charge in [0, 0.05) is 49.1 Å². The molecule has 0 bridgehead atoms. The quantitative estimate of drug-likeness (QED) is 0.129. The molecular formula is C93H61NO2. The van der Waals surface area contributed by atoms with E-state index in [1.807, 2.05) is 0 Å². The van der Waals surface area contributed by atoms with Gasteiger partial charge in [-0.2, -0.15) is 0 Å². The van der Waals surface area contributed by atoms with Gasteiger partial charge in [0.15, 0.2) is 0 Å². The van der Waals surface area contributed by atoms with Crippen LogP contribution < -0.4 is 10.4 Å². The second-order valence-electron chi connectivity index (χ2n) is 25.1. The zero-order valence-corrected chi connectivity index (χ0v) is 52.8. The fourth-order valence-electron chi connectivity index (χ4n) is 14.8. The van der Waals surface area contributed by atoms with E-state index in [1.54, 1.807) is 0 Å². The topological polar surface area (TPSA) is 31.2 Å². The summed E-state index contributed by atoms with van der Waals surface area (Å²) in [4.78, 5) is 0. The number of nitrogens with zero attached hydrogens (tertiary/aromatic N) is 1. The van der Waals surface area contributed by atoms with Crippen molar-refractivity contribution < 1.29 is 8.83 Å². The van der Waals surface area contributed by atoms with Gasteiger partial charge in [-0.3, -0.25) is 0 Å². The third-order valence-electron chi connectivity index (χ3n) is 19.4. The second kappa shape index (κ2) is 23.2. The summed E-state index contributed by atoms with van der Waals surface area (Å²) in [6.07, 6.45) is 6.45. The van der Waals surface area contributed by atoms with Crippen LogP contribution in [0.5, 0.6) is 0 Å². The lowest BCUT2D eigenvalue weighted by Crippen LogP contribution is -2.28. The number of benzene rings is 15. The van der Waals surface area contributed by atoms with Crippen molar-refractivity contribution in [1.29, 1.82) is 0 Å². The van der Waals surface area contributed by atoms with E-state index in [2.05, 4.69) is 351 Å². The Bertz CT molecular complexity index is 5980.